The van der Waals surface area contributed by atoms with Crippen molar-refractivity contribution in [2.75, 3.05) is 0 Å². The van der Waals surface area contributed by atoms with E-state index < -0.39 is 23.6 Å². The lowest BCUT2D eigenvalue weighted by molar-refractivity contribution is -0.139. The molecule has 21 heavy (non-hydrogen) atoms. The van der Waals surface area contributed by atoms with Crippen LogP contribution in [0.2, 0.25) is 0 Å². The van der Waals surface area contributed by atoms with E-state index >= 15 is 0 Å². The quantitative estimate of drug-likeness (QED) is 0.935. The topological polar surface area (TPSA) is 80.9 Å². The predicted octanol–water partition coefficient (Wildman–Crippen LogP) is 1.87. The minimum absolute atomic E-state index is 0.154. The average Bonchev–Trinajstić information content (AvgIpc) is 3.08. The maximum atomic E-state index is 12.7. The molecule has 6 nitrogen and oxygen atoms in total. The van der Waals surface area contributed by atoms with Gasteiger partial charge in [0.25, 0.3) is 0 Å². The number of carboxylic acid groups (broad SMARTS) is 1. The maximum Gasteiger partial charge on any atom is 0.416 e. The Balaban J connectivity index is 1.96. The molecule has 1 heterocycles. The van der Waals surface area contributed by atoms with Crippen molar-refractivity contribution >= 4 is 5.97 Å². The van der Waals surface area contributed by atoms with Crippen LogP contribution in [-0.2, 0) is 11.0 Å². The SMILES string of the molecule is O=C(O)C1CC1c1nnnn1-c1cccc(C(F)(F)F)c1. The minimum Gasteiger partial charge on any atom is -0.481 e. The number of carboxylic acids is 1. The minimum atomic E-state index is -4.46. The van der Waals surface area contributed by atoms with E-state index in [1.165, 1.54) is 12.1 Å². The molecule has 2 atom stereocenters. The lowest BCUT2D eigenvalue weighted by atomic mass is 10.2. The number of tetrazole rings is 1. The first-order chi connectivity index (χ1) is 9.88. The molecule has 9 heteroatoms. The number of hydrogen-bond acceptors (Lipinski definition) is 4. The number of alkyl halides is 3. The predicted molar refractivity (Wildman–Crippen MR) is 62.6 cm³/mol. The number of nitrogens with zero attached hydrogens (tertiary/aromatic N) is 4. The highest BCUT2D eigenvalue weighted by molar-refractivity contribution is 5.74. The fraction of sp³-hybridized carbons (Fsp3) is 0.333. The van der Waals surface area contributed by atoms with Crippen LogP contribution in [0.1, 0.15) is 23.7 Å². The van der Waals surface area contributed by atoms with Crippen LogP contribution in [0, 0.1) is 5.92 Å². The lowest BCUT2D eigenvalue weighted by Crippen LogP contribution is -2.09. The molecule has 2 aromatic rings. The second-order valence-corrected chi connectivity index (χ2v) is 4.78. The van der Waals surface area contributed by atoms with Gasteiger partial charge in [0, 0.05) is 5.92 Å². The molecular weight excluding hydrogens is 289 g/mol. The summed E-state index contributed by atoms with van der Waals surface area (Å²) >= 11 is 0. The first-order valence-electron chi connectivity index (χ1n) is 6.06. The number of benzene rings is 1. The summed E-state index contributed by atoms with van der Waals surface area (Å²) in [6, 6.07) is 4.57. The number of aliphatic carboxylic acids is 1. The van der Waals surface area contributed by atoms with Crippen LogP contribution in [0.15, 0.2) is 24.3 Å². The largest absolute Gasteiger partial charge is 0.481 e. The molecule has 2 unspecified atom stereocenters. The summed E-state index contributed by atoms with van der Waals surface area (Å²) in [6.07, 6.45) is -4.08. The molecule has 0 amide bonds. The molecule has 1 aliphatic rings. The Morgan fingerprint density at radius 1 is 1.38 bits per heavy atom. The van der Waals surface area contributed by atoms with Gasteiger partial charge in [-0.1, -0.05) is 6.07 Å². The Hall–Kier alpha value is -2.45. The van der Waals surface area contributed by atoms with Gasteiger partial charge < -0.3 is 5.11 Å². The van der Waals surface area contributed by atoms with Gasteiger partial charge >= 0.3 is 12.1 Å². The molecule has 110 valence electrons. The molecule has 1 saturated carbocycles. The van der Waals surface area contributed by atoms with Crippen molar-refractivity contribution in [1.29, 1.82) is 0 Å². The normalized spacial score (nSPS) is 21.3. The van der Waals surface area contributed by atoms with E-state index in [1.807, 2.05) is 0 Å². The third-order valence-electron chi connectivity index (χ3n) is 3.35. The fourth-order valence-electron chi connectivity index (χ4n) is 2.18. The van der Waals surface area contributed by atoms with E-state index in [2.05, 4.69) is 15.5 Å². The Morgan fingerprint density at radius 2 is 2.14 bits per heavy atom. The van der Waals surface area contributed by atoms with E-state index in [-0.39, 0.29) is 17.4 Å². The summed E-state index contributed by atoms with van der Waals surface area (Å²) in [6.45, 7) is 0. The van der Waals surface area contributed by atoms with Crippen LogP contribution in [0.4, 0.5) is 13.2 Å². The van der Waals surface area contributed by atoms with Crippen molar-refractivity contribution in [1.82, 2.24) is 20.2 Å². The number of rotatable bonds is 3. The summed E-state index contributed by atoms with van der Waals surface area (Å²) in [5, 5.41) is 19.7. The zero-order valence-corrected chi connectivity index (χ0v) is 10.4. The molecule has 3 rings (SSSR count). The van der Waals surface area contributed by atoms with Crippen LogP contribution in [0.25, 0.3) is 5.69 Å². The zero-order chi connectivity index (χ0) is 15.2. The van der Waals surface area contributed by atoms with Gasteiger partial charge in [0.15, 0.2) is 5.82 Å². The zero-order valence-electron chi connectivity index (χ0n) is 10.4. The lowest BCUT2D eigenvalue weighted by Gasteiger charge is -2.09. The summed E-state index contributed by atoms with van der Waals surface area (Å²) in [5.74, 6) is -1.65. The first kappa shape index (κ1) is 13.5. The van der Waals surface area contributed by atoms with Crippen molar-refractivity contribution in [3.8, 4) is 5.69 Å². The third-order valence-corrected chi connectivity index (χ3v) is 3.35. The van der Waals surface area contributed by atoms with Crippen molar-refractivity contribution < 1.29 is 23.1 Å². The monoisotopic (exact) mass is 298 g/mol. The maximum absolute atomic E-state index is 12.7. The molecule has 0 bridgehead atoms. The van der Waals surface area contributed by atoms with Gasteiger partial charge in [-0.2, -0.15) is 17.9 Å². The summed E-state index contributed by atoms with van der Waals surface area (Å²) in [5.41, 5.74) is -0.659. The molecule has 1 aromatic heterocycles. The number of carbonyl (C=O) groups is 1. The second kappa shape index (κ2) is 4.54. The molecule has 1 aromatic carbocycles. The Morgan fingerprint density at radius 3 is 2.76 bits per heavy atom. The molecule has 0 aliphatic heterocycles. The van der Waals surface area contributed by atoms with Gasteiger partial charge in [-0.25, -0.2) is 0 Å². The van der Waals surface area contributed by atoms with Gasteiger partial charge in [-0.3, -0.25) is 4.79 Å². The Bertz CT molecular complexity index is 698. The van der Waals surface area contributed by atoms with E-state index in [4.69, 9.17) is 5.11 Å². The van der Waals surface area contributed by atoms with Crippen molar-refractivity contribution in [3.63, 3.8) is 0 Å². The van der Waals surface area contributed by atoms with Crippen molar-refractivity contribution in [3.05, 3.63) is 35.7 Å². The summed E-state index contributed by atoms with van der Waals surface area (Å²) in [4.78, 5) is 10.9. The van der Waals surface area contributed by atoms with Gasteiger partial charge in [-0.05, 0) is 35.0 Å². The van der Waals surface area contributed by atoms with Gasteiger partial charge in [0.1, 0.15) is 0 Å². The van der Waals surface area contributed by atoms with E-state index in [0.717, 1.165) is 16.8 Å². The summed E-state index contributed by atoms with van der Waals surface area (Å²) < 4.78 is 39.3. The van der Waals surface area contributed by atoms with E-state index in [9.17, 15) is 18.0 Å². The third kappa shape index (κ3) is 2.46. The van der Waals surface area contributed by atoms with Crippen LogP contribution in [0.3, 0.4) is 0 Å². The van der Waals surface area contributed by atoms with E-state index in [0.29, 0.717) is 6.42 Å². The molecule has 0 spiro atoms. The Labute approximate surface area is 116 Å². The first-order valence-corrected chi connectivity index (χ1v) is 6.06. The van der Waals surface area contributed by atoms with Crippen LogP contribution < -0.4 is 0 Å². The van der Waals surface area contributed by atoms with Crippen molar-refractivity contribution in [2.45, 2.75) is 18.5 Å². The highest BCUT2D eigenvalue weighted by atomic mass is 19.4. The smallest absolute Gasteiger partial charge is 0.416 e. The van der Waals surface area contributed by atoms with Gasteiger partial charge in [-0.15, -0.1) is 5.10 Å². The highest BCUT2D eigenvalue weighted by Gasteiger charge is 2.47. The number of aromatic nitrogens is 4. The van der Waals surface area contributed by atoms with Crippen LogP contribution in [0.5, 0.6) is 0 Å². The molecule has 0 radical (unpaired) electrons. The molecule has 0 saturated heterocycles. The Kier molecular flexibility index (Phi) is 2.92. The van der Waals surface area contributed by atoms with Gasteiger partial charge in [0.2, 0.25) is 0 Å². The molecule has 1 N–H and O–H groups in total. The van der Waals surface area contributed by atoms with Crippen LogP contribution >= 0.6 is 0 Å². The number of hydrogen-bond donors (Lipinski definition) is 1. The molecule has 1 aliphatic carbocycles. The summed E-state index contributed by atoms with van der Waals surface area (Å²) in [7, 11) is 0. The molecular formula is C12H9F3N4O2. The number of halogens is 3. The highest BCUT2D eigenvalue weighted by Crippen LogP contribution is 2.46. The van der Waals surface area contributed by atoms with E-state index in [1.54, 1.807) is 0 Å². The fourth-order valence-corrected chi connectivity index (χ4v) is 2.18. The van der Waals surface area contributed by atoms with Crippen LogP contribution in [-0.4, -0.2) is 31.3 Å². The molecule has 1 fully saturated rings. The second-order valence-electron chi connectivity index (χ2n) is 4.78. The average molecular weight is 298 g/mol. The van der Waals surface area contributed by atoms with Crippen molar-refractivity contribution in [2.24, 2.45) is 5.92 Å². The van der Waals surface area contributed by atoms with Gasteiger partial charge in [0.05, 0.1) is 17.2 Å². The standard InChI is InChI=1S/C12H9F3N4O2/c13-12(14,15)6-2-1-3-7(4-6)19-10(16-17-18-19)8-5-9(8)11(20)21/h1-4,8-9H,5H2,(H,20,21).